The number of hydrogen-bond donors (Lipinski definition) is 2. The topological polar surface area (TPSA) is 56.7 Å². The second-order valence-electron chi connectivity index (χ2n) is 7.91. The molecule has 1 aromatic rings. The molecule has 2 N–H and O–H groups in total. The van der Waals surface area contributed by atoms with Gasteiger partial charge in [0.25, 0.3) is 0 Å². The molecule has 0 bridgehead atoms. The Balaban J connectivity index is 1.86. The second kappa shape index (κ2) is 10.3. The highest BCUT2D eigenvalue weighted by molar-refractivity contribution is 5.80. The van der Waals surface area contributed by atoms with Gasteiger partial charge in [0.2, 0.25) is 5.91 Å². The van der Waals surface area contributed by atoms with E-state index in [0.29, 0.717) is 6.04 Å². The van der Waals surface area contributed by atoms with Crippen molar-refractivity contribution < 1.29 is 4.79 Å². The van der Waals surface area contributed by atoms with E-state index in [4.69, 9.17) is 4.99 Å². The molecule has 5 nitrogen and oxygen atoms in total. The average molecular weight is 373 g/mol. The van der Waals surface area contributed by atoms with Crippen LogP contribution in [0.4, 0.5) is 0 Å². The van der Waals surface area contributed by atoms with Crippen LogP contribution < -0.4 is 10.6 Å². The summed E-state index contributed by atoms with van der Waals surface area (Å²) in [4.78, 5) is 18.9. The molecule has 0 unspecified atom stereocenters. The van der Waals surface area contributed by atoms with Gasteiger partial charge in [0.05, 0.1) is 0 Å². The van der Waals surface area contributed by atoms with Crippen molar-refractivity contribution in [2.45, 2.75) is 59.9 Å². The fourth-order valence-electron chi connectivity index (χ4n) is 3.63. The lowest BCUT2D eigenvalue weighted by Crippen LogP contribution is -2.50. The maximum absolute atomic E-state index is 12.1. The van der Waals surface area contributed by atoms with E-state index in [9.17, 15) is 4.79 Å². The molecule has 0 spiro atoms. The van der Waals surface area contributed by atoms with Crippen LogP contribution in [0.25, 0.3) is 0 Å². The molecular weight excluding hydrogens is 336 g/mol. The number of likely N-dealkylation sites (tertiary alicyclic amines) is 1. The zero-order valence-electron chi connectivity index (χ0n) is 17.6. The largest absolute Gasteiger partial charge is 0.357 e. The van der Waals surface area contributed by atoms with Gasteiger partial charge in [-0.1, -0.05) is 43.2 Å². The van der Waals surface area contributed by atoms with E-state index in [1.165, 1.54) is 16.7 Å². The van der Waals surface area contributed by atoms with Crippen molar-refractivity contribution >= 4 is 11.9 Å². The van der Waals surface area contributed by atoms with Crippen molar-refractivity contribution in [3.63, 3.8) is 0 Å². The number of benzene rings is 1. The van der Waals surface area contributed by atoms with E-state index in [0.717, 1.165) is 51.4 Å². The van der Waals surface area contributed by atoms with Crippen molar-refractivity contribution in [2.24, 2.45) is 10.9 Å². The first-order valence-electron chi connectivity index (χ1n) is 10.3. The minimum absolute atomic E-state index is 0.0821. The van der Waals surface area contributed by atoms with Gasteiger partial charge in [-0.25, -0.2) is 0 Å². The van der Waals surface area contributed by atoms with Gasteiger partial charge in [0.15, 0.2) is 5.96 Å². The fraction of sp³-hybridized carbons (Fsp3) is 0.636. The third-order valence-electron chi connectivity index (χ3n) is 4.94. The standard InChI is InChI=1S/C22H36N4O/c1-6-23-22(24-10-7-19-14-17(4)13-18(5)15-19)25-20-8-11-26(12-9-20)21(27)16(2)3/h13-16,20H,6-12H2,1-5H3,(H2,23,24,25). The highest BCUT2D eigenvalue weighted by Gasteiger charge is 2.24. The van der Waals surface area contributed by atoms with E-state index in [1.807, 2.05) is 18.7 Å². The SMILES string of the molecule is CCNC(=NCCc1cc(C)cc(C)c1)NC1CCN(C(=O)C(C)C)CC1. The summed E-state index contributed by atoms with van der Waals surface area (Å²) in [5, 5.41) is 6.91. The second-order valence-corrected chi connectivity index (χ2v) is 7.91. The number of carbonyl (C=O) groups excluding carboxylic acids is 1. The van der Waals surface area contributed by atoms with E-state index in [2.05, 4.69) is 49.6 Å². The Hall–Kier alpha value is -2.04. The zero-order valence-corrected chi connectivity index (χ0v) is 17.6. The Kier molecular flexibility index (Phi) is 8.14. The Morgan fingerprint density at radius 2 is 1.81 bits per heavy atom. The number of carbonyl (C=O) groups is 1. The number of guanidine groups is 1. The number of piperidine rings is 1. The summed E-state index contributed by atoms with van der Waals surface area (Å²) in [5.41, 5.74) is 3.95. The quantitative estimate of drug-likeness (QED) is 0.596. The van der Waals surface area contributed by atoms with Gasteiger partial charge in [-0.2, -0.15) is 0 Å². The third kappa shape index (κ3) is 6.89. The Morgan fingerprint density at radius 1 is 1.19 bits per heavy atom. The summed E-state index contributed by atoms with van der Waals surface area (Å²) < 4.78 is 0. The molecule has 150 valence electrons. The van der Waals surface area contributed by atoms with Crippen molar-refractivity contribution in [1.29, 1.82) is 0 Å². The molecule has 1 heterocycles. The van der Waals surface area contributed by atoms with Crippen molar-refractivity contribution in [3.8, 4) is 0 Å². The molecule has 1 aliphatic rings. The van der Waals surface area contributed by atoms with Crippen molar-refractivity contribution in [2.75, 3.05) is 26.2 Å². The van der Waals surface area contributed by atoms with Gasteiger partial charge in [-0.15, -0.1) is 0 Å². The molecule has 1 aliphatic heterocycles. The number of aliphatic imine (C=N–C) groups is 1. The number of amides is 1. The van der Waals surface area contributed by atoms with Crippen molar-refractivity contribution in [3.05, 3.63) is 34.9 Å². The molecule has 0 saturated carbocycles. The molecule has 1 aromatic carbocycles. The first-order chi connectivity index (χ1) is 12.9. The summed E-state index contributed by atoms with van der Waals surface area (Å²) in [7, 11) is 0. The number of aryl methyl sites for hydroxylation is 2. The van der Waals surface area contributed by atoms with Crippen LogP contribution in [0.3, 0.4) is 0 Å². The lowest BCUT2D eigenvalue weighted by atomic mass is 10.0. The van der Waals surface area contributed by atoms with Crippen LogP contribution in [0.1, 0.15) is 50.3 Å². The lowest BCUT2D eigenvalue weighted by molar-refractivity contribution is -0.135. The Morgan fingerprint density at radius 3 is 2.37 bits per heavy atom. The number of nitrogens with zero attached hydrogens (tertiary/aromatic N) is 2. The molecule has 5 heteroatoms. The van der Waals surface area contributed by atoms with Crippen LogP contribution in [0.15, 0.2) is 23.2 Å². The van der Waals surface area contributed by atoms with Gasteiger partial charge in [-0.05, 0) is 45.6 Å². The lowest BCUT2D eigenvalue weighted by Gasteiger charge is -2.34. The third-order valence-corrected chi connectivity index (χ3v) is 4.94. The first-order valence-corrected chi connectivity index (χ1v) is 10.3. The van der Waals surface area contributed by atoms with Gasteiger partial charge in [0.1, 0.15) is 0 Å². The molecule has 1 saturated heterocycles. The monoisotopic (exact) mass is 372 g/mol. The Labute approximate surface area is 164 Å². The van der Waals surface area contributed by atoms with Crippen LogP contribution in [0.2, 0.25) is 0 Å². The van der Waals surface area contributed by atoms with Crippen LogP contribution in [0, 0.1) is 19.8 Å². The van der Waals surface area contributed by atoms with Crippen LogP contribution in [-0.4, -0.2) is 49.0 Å². The molecule has 1 fully saturated rings. The zero-order chi connectivity index (χ0) is 19.8. The minimum atomic E-state index is 0.0821. The van der Waals surface area contributed by atoms with E-state index >= 15 is 0 Å². The van der Waals surface area contributed by atoms with E-state index < -0.39 is 0 Å². The normalized spacial score (nSPS) is 15.9. The highest BCUT2D eigenvalue weighted by Crippen LogP contribution is 2.13. The predicted octanol–water partition coefficient (Wildman–Crippen LogP) is 3.05. The minimum Gasteiger partial charge on any atom is -0.357 e. The number of rotatable bonds is 6. The summed E-state index contributed by atoms with van der Waals surface area (Å²) in [6.07, 6.45) is 2.89. The maximum atomic E-state index is 12.1. The van der Waals surface area contributed by atoms with E-state index in [1.54, 1.807) is 0 Å². The van der Waals surface area contributed by atoms with Crippen LogP contribution >= 0.6 is 0 Å². The molecule has 2 rings (SSSR count). The molecular formula is C22H36N4O. The van der Waals surface area contributed by atoms with Crippen LogP contribution in [-0.2, 0) is 11.2 Å². The molecule has 1 amide bonds. The molecule has 0 atom stereocenters. The van der Waals surface area contributed by atoms with Crippen molar-refractivity contribution in [1.82, 2.24) is 15.5 Å². The Bertz CT molecular complexity index is 625. The first kappa shape index (κ1) is 21.3. The summed E-state index contributed by atoms with van der Waals surface area (Å²) in [6.45, 7) is 13.6. The molecule has 0 aromatic heterocycles. The van der Waals surface area contributed by atoms with Gasteiger partial charge in [-0.3, -0.25) is 9.79 Å². The molecule has 0 radical (unpaired) electrons. The van der Waals surface area contributed by atoms with Crippen LogP contribution in [0.5, 0.6) is 0 Å². The van der Waals surface area contributed by atoms with E-state index in [-0.39, 0.29) is 11.8 Å². The van der Waals surface area contributed by atoms with Gasteiger partial charge < -0.3 is 15.5 Å². The summed E-state index contributed by atoms with van der Waals surface area (Å²) >= 11 is 0. The van der Waals surface area contributed by atoms with Gasteiger partial charge in [0, 0.05) is 38.1 Å². The molecule has 0 aliphatic carbocycles. The summed E-state index contributed by atoms with van der Waals surface area (Å²) in [5.74, 6) is 1.23. The van der Waals surface area contributed by atoms with Gasteiger partial charge >= 0.3 is 0 Å². The average Bonchev–Trinajstić information content (AvgIpc) is 2.61. The molecule has 27 heavy (non-hydrogen) atoms. The smallest absolute Gasteiger partial charge is 0.225 e. The number of hydrogen-bond acceptors (Lipinski definition) is 2. The maximum Gasteiger partial charge on any atom is 0.225 e. The fourth-order valence-corrected chi connectivity index (χ4v) is 3.63. The highest BCUT2D eigenvalue weighted by atomic mass is 16.2. The number of nitrogens with one attached hydrogen (secondary N) is 2. The predicted molar refractivity (Wildman–Crippen MR) is 113 cm³/mol. The summed E-state index contributed by atoms with van der Waals surface area (Å²) in [6, 6.07) is 7.06.